The van der Waals surface area contributed by atoms with Crippen molar-refractivity contribution in [3.05, 3.63) is 0 Å². The van der Waals surface area contributed by atoms with Crippen molar-refractivity contribution in [1.29, 1.82) is 0 Å². The van der Waals surface area contributed by atoms with Crippen LogP contribution in [-0.2, 0) is 0 Å². The summed E-state index contributed by atoms with van der Waals surface area (Å²) in [6, 6.07) is 0. The Morgan fingerprint density at radius 2 is 2.06 bits per heavy atom. The van der Waals surface area contributed by atoms with Crippen molar-refractivity contribution in [2.24, 2.45) is 11.3 Å². The van der Waals surface area contributed by atoms with Crippen LogP contribution in [-0.4, -0.2) is 37.6 Å². The van der Waals surface area contributed by atoms with Crippen LogP contribution in [0.5, 0.6) is 0 Å². The minimum Gasteiger partial charge on any atom is -0.316 e. The molecule has 2 aliphatic heterocycles. The van der Waals surface area contributed by atoms with E-state index in [1.54, 1.807) is 0 Å². The molecule has 0 spiro atoms. The first kappa shape index (κ1) is 13.4. The van der Waals surface area contributed by atoms with Crippen LogP contribution in [0.15, 0.2) is 0 Å². The van der Waals surface area contributed by atoms with Crippen molar-refractivity contribution >= 4 is 0 Å². The summed E-state index contributed by atoms with van der Waals surface area (Å²) in [5, 5.41) is 3.47. The molecule has 0 bridgehead atoms. The summed E-state index contributed by atoms with van der Waals surface area (Å²) < 4.78 is 0. The molecule has 17 heavy (non-hydrogen) atoms. The molecule has 0 saturated carbocycles. The zero-order valence-corrected chi connectivity index (χ0v) is 11.8. The Morgan fingerprint density at radius 3 is 2.65 bits per heavy atom. The highest BCUT2D eigenvalue weighted by molar-refractivity contribution is 4.81. The lowest BCUT2D eigenvalue weighted by Crippen LogP contribution is -2.38. The summed E-state index contributed by atoms with van der Waals surface area (Å²) in [5.41, 5.74) is 0.645. The van der Waals surface area contributed by atoms with Gasteiger partial charge in [0.2, 0.25) is 0 Å². The van der Waals surface area contributed by atoms with Gasteiger partial charge in [-0.2, -0.15) is 0 Å². The van der Waals surface area contributed by atoms with Crippen LogP contribution in [0.25, 0.3) is 0 Å². The molecule has 100 valence electrons. The molecule has 2 rings (SSSR count). The van der Waals surface area contributed by atoms with Gasteiger partial charge in [-0.1, -0.05) is 20.3 Å². The first-order chi connectivity index (χ1) is 8.22. The van der Waals surface area contributed by atoms with Gasteiger partial charge < -0.3 is 10.2 Å². The molecule has 2 nitrogen and oxygen atoms in total. The van der Waals surface area contributed by atoms with Gasteiger partial charge in [-0.05, 0) is 76.2 Å². The maximum Gasteiger partial charge on any atom is -0.00135 e. The third-order valence-corrected chi connectivity index (χ3v) is 5.17. The van der Waals surface area contributed by atoms with Gasteiger partial charge in [-0.3, -0.25) is 0 Å². The first-order valence-corrected chi connectivity index (χ1v) is 7.65. The van der Waals surface area contributed by atoms with Gasteiger partial charge in [0, 0.05) is 0 Å². The standard InChI is InChI=1S/C15H30N2/c1-3-15(2)7-11-17(12-8-15)10-4-5-14-6-9-16-13-14/h14,16H,3-13H2,1-2H3. The normalized spacial score (nSPS) is 29.6. The van der Waals surface area contributed by atoms with E-state index in [1.807, 2.05) is 0 Å². The van der Waals surface area contributed by atoms with Gasteiger partial charge in [0.25, 0.3) is 0 Å². The first-order valence-electron chi connectivity index (χ1n) is 7.65. The summed E-state index contributed by atoms with van der Waals surface area (Å²) in [4.78, 5) is 2.69. The summed E-state index contributed by atoms with van der Waals surface area (Å²) in [5.74, 6) is 0.973. The van der Waals surface area contributed by atoms with Gasteiger partial charge in [-0.25, -0.2) is 0 Å². The fourth-order valence-corrected chi connectivity index (χ4v) is 3.23. The van der Waals surface area contributed by atoms with E-state index in [1.165, 1.54) is 71.2 Å². The number of nitrogens with one attached hydrogen (secondary N) is 1. The number of likely N-dealkylation sites (tertiary alicyclic amines) is 1. The lowest BCUT2D eigenvalue weighted by molar-refractivity contribution is 0.112. The molecule has 0 aromatic carbocycles. The van der Waals surface area contributed by atoms with Crippen molar-refractivity contribution in [3.8, 4) is 0 Å². The Labute approximate surface area is 107 Å². The maximum atomic E-state index is 3.47. The largest absolute Gasteiger partial charge is 0.316 e. The van der Waals surface area contributed by atoms with E-state index < -0.39 is 0 Å². The number of rotatable bonds is 5. The molecular formula is C15H30N2. The van der Waals surface area contributed by atoms with Crippen molar-refractivity contribution in [3.63, 3.8) is 0 Å². The van der Waals surface area contributed by atoms with Crippen molar-refractivity contribution in [1.82, 2.24) is 10.2 Å². The molecule has 2 aliphatic rings. The van der Waals surface area contributed by atoms with Gasteiger partial charge in [-0.15, -0.1) is 0 Å². The number of piperidine rings is 1. The monoisotopic (exact) mass is 238 g/mol. The van der Waals surface area contributed by atoms with Crippen LogP contribution < -0.4 is 5.32 Å². The molecule has 0 aromatic heterocycles. The molecule has 2 fully saturated rings. The fourth-order valence-electron chi connectivity index (χ4n) is 3.23. The van der Waals surface area contributed by atoms with Crippen molar-refractivity contribution < 1.29 is 0 Å². The van der Waals surface area contributed by atoms with E-state index >= 15 is 0 Å². The van der Waals surface area contributed by atoms with Gasteiger partial charge in [0.15, 0.2) is 0 Å². The average molecular weight is 238 g/mol. The van der Waals surface area contributed by atoms with E-state index in [-0.39, 0.29) is 0 Å². The van der Waals surface area contributed by atoms with Crippen LogP contribution in [0, 0.1) is 11.3 Å². The molecule has 2 heteroatoms. The second kappa shape index (κ2) is 6.19. The minimum absolute atomic E-state index is 0.645. The Morgan fingerprint density at radius 1 is 1.29 bits per heavy atom. The van der Waals surface area contributed by atoms with Gasteiger partial charge in [0.05, 0.1) is 0 Å². The zero-order valence-electron chi connectivity index (χ0n) is 11.8. The lowest BCUT2D eigenvalue weighted by Gasteiger charge is -2.39. The van der Waals surface area contributed by atoms with Gasteiger partial charge >= 0.3 is 0 Å². The predicted octanol–water partition coefficient (Wildman–Crippen LogP) is 2.89. The third-order valence-electron chi connectivity index (χ3n) is 5.17. The number of hydrogen-bond donors (Lipinski definition) is 1. The van der Waals surface area contributed by atoms with Crippen LogP contribution in [0.3, 0.4) is 0 Å². The Balaban J connectivity index is 1.58. The molecule has 1 unspecified atom stereocenters. The van der Waals surface area contributed by atoms with E-state index in [4.69, 9.17) is 0 Å². The van der Waals surface area contributed by atoms with Gasteiger partial charge in [0.1, 0.15) is 0 Å². The molecule has 2 saturated heterocycles. The Kier molecular flexibility index (Phi) is 4.87. The number of hydrogen-bond acceptors (Lipinski definition) is 2. The second-order valence-electron chi connectivity index (χ2n) is 6.51. The van der Waals surface area contributed by atoms with Crippen LogP contribution in [0.2, 0.25) is 0 Å². The summed E-state index contributed by atoms with van der Waals surface area (Å²) in [6.45, 7) is 11.4. The van der Waals surface area contributed by atoms with E-state index in [0.717, 1.165) is 5.92 Å². The van der Waals surface area contributed by atoms with Crippen molar-refractivity contribution in [2.75, 3.05) is 32.7 Å². The Bertz CT molecular complexity index is 213. The minimum atomic E-state index is 0.645. The molecule has 0 amide bonds. The van der Waals surface area contributed by atoms with E-state index in [2.05, 4.69) is 24.1 Å². The summed E-state index contributed by atoms with van der Waals surface area (Å²) in [7, 11) is 0. The van der Waals surface area contributed by atoms with Crippen molar-refractivity contribution in [2.45, 2.75) is 52.4 Å². The Hall–Kier alpha value is -0.0800. The molecule has 1 N–H and O–H groups in total. The highest BCUT2D eigenvalue weighted by atomic mass is 15.1. The molecule has 1 atom stereocenters. The van der Waals surface area contributed by atoms with Crippen LogP contribution in [0.1, 0.15) is 52.4 Å². The second-order valence-corrected chi connectivity index (χ2v) is 6.51. The van der Waals surface area contributed by atoms with Crippen LogP contribution >= 0.6 is 0 Å². The smallest absolute Gasteiger partial charge is 0.00135 e. The molecule has 2 heterocycles. The van der Waals surface area contributed by atoms with E-state index in [0.29, 0.717) is 5.41 Å². The van der Waals surface area contributed by atoms with Crippen LogP contribution in [0.4, 0.5) is 0 Å². The summed E-state index contributed by atoms with van der Waals surface area (Å²) in [6.07, 6.45) is 8.44. The lowest BCUT2D eigenvalue weighted by atomic mass is 9.78. The average Bonchev–Trinajstić information content (AvgIpc) is 2.85. The molecule has 0 aromatic rings. The topological polar surface area (TPSA) is 15.3 Å². The third kappa shape index (κ3) is 3.96. The molecular weight excluding hydrogens is 208 g/mol. The highest BCUT2D eigenvalue weighted by Crippen LogP contribution is 2.33. The maximum absolute atomic E-state index is 3.47. The highest BCUT2D eigenvalue weighted by Gasteiger charge is 2.27. The zero-order chi connectivity index (χ0) is 12.1. The van der Waals surface area contributed by atoms with E-state index in [9.17, 15) is 0 Å². The number of nitrogens with zero attached hydrogens (tertiary/aromatic N) is 1. The predicted molar refractivity (Wildman–Crippen MR) is 74.3 cm³/mol. The molecule has 0 aliphatic carbocycles. The fraction of sp³-hybridized carbons (Fsp3) is 1.00. The SMILES string of the molecule is CCC1(C)CCN(CCCC2CCNC2)CC1. The molecule has 0 radical (unpaired) electrons. The summed E-state index contributed by atoms with van der Waals surface area (Å²) >= 11 is 0. The quantitative estimate of drug-likeness (QED) is 0.792.